The van der Waals surface area contributed by atoms with Crippen LogP contribution in [0.1, 0.15) is 26.7 Å². The lowest BCUT2D eigenvalue weighted by atomic mass is 9.90. The van der Waals surface area contributed by atoms with Crippen LogP contribution in [0.25, 0.3) is 0 Å². The van der Waals surface area contributed by atoms with E-state index in [1.807, 2.05) is 18.6 Å². The molecule has 0 saturated carbocycles. The number of ether oxygens (including phenoxy) is 1. The Morgan fingerprint density at radius 2 is 2.00 bits per heavy atom. The normalized spacial score (nSPS) is 19.3. The maximum atomic E-state index is 11.8. The van der Waals surface area contributed by atoms with Gasteiger partial charge in [-0.1, -0.05) is 13.8 Å². The standard InChI is InChI=1S/C12H22N2O6S/c1-8(2)7-20-12(17)14-5-3-9(4-6-14)10(11(15)16)13-21(18)19/h8-10,13H,3-7H2,1-2H3,(H,15,16)(H,18,19)/p-1. The zero-order valence-electron chi connectivity index (χ0n) is 12.1. The molecule has 0 spiro atoms. The molecule has 0 radical (unpaired) electrons. The van der Waals surface area contributed by atoms with Crippen molar-refractivity contribution in [3.05, 3.63) is 0 Å². The van der Waals surface area contributed by atoms with E-state index in [2.05, 4.69) is 0 Å². The van der Waals surface area contributed by atoms with Crippen LogP contribution in [0.15, 0.2) is 0 Å². The summed E-state index contributed by atoms with van der Waals surface area (Å²) in [7, 11) is 0. The van der Waals surface area contributed by atoms with E-state index in [-0.39, 0.29) is 11.8 Å². The van der Waals surface area contributed by atoms with Crippen molar-refractivity contribution < 1.29 is 28.2 Å². The molecular weight excluding hydrogens is 300 g/mol. The lowest BCUT2D eigenvalue weighted by Crippen LogP contribution is -2.49. The number of carbonyl (C=O) groups excluding carboxylic acids is 1. The van der Waals surface area contributed by atoms with Crippen molar-refractivity contribution in [3.8, 4) is 0 Å². The number of hydrogen-bond donors (Lipinski definition) is 2. The van der Waals surface area contributed by atoms with E-state index < -0.39 is 29.4 Å². The second-order valence-electron chi connectivity index (χ2n) is 5.46. The topological polar surface area (TPSA) is 119 Å². The average Bonchev–Trinajstić information content (AvgIpc) is 2.42. The van der Waals surface area contributed by atoms with Gasteiger partial charge in [0.2, 0.25) is 0 Å². The number of carboxylic acids is 1. The van der Waals surface area contributed by atoms with Gasteiger partial charge in [-0.3, -0.25) is 9.00 Å². The van der Waals surface area contributed by atoms with E-state index in [9.17, 15) is 18.4 Å². The smallest absolute Gasteiger partial charge is 0.409 e. The molecule has 1 rings (SSSR count). The molecule has 1 aliphatic heterocycles. The van der Waals surface area contributed by atoms with E-state index in [1.165, 1.54) is 4.90 Å². The average molecular weight is 321 g/mol. The Morgan fingerprint density at radius 3 is 2.43 bits per heavy atom. The Balaban J connectivity index is 2.48. The highest BCUT2D eigenvalue weighted by Gasteiger charge is 2.33. The fourth-order valence-corrected chi connectivity index (χ4v) is 2.70. The molecule has 0 aromatic rings. The molecule has 0 bridgehead atoms. The SMILES string of the molecule is CC(C)COC(=O)N1CCC(C(NS(=O)[O-])C(=O)O)CC1. The van der Waals surface area contributed by atoms with Crippen LogP contribution in [0, 0.1) is 11.8 Å². The number of nitrogens with one attached hydrogen (secondary N) is 1. The molecule has 0 aromatic carbocycles. The van der Waals surface area contributed by atoms with Gasteiger partial charge in [-0.2, -0.15) is 0 Å². The minimum atomic E-state index is -2.63. The molecule has 0 aromatic heterocycles. The summed E-state index contributed by atoms with van der Waals surface area (Å²) in [6.45, 7) is 4.93. The van der Waals surface area contributed by atoms with Crippen LogP contribution in [0.3, 0.4) is 0 Å². The molecule has 1 amide bonds. The third-order valence-corrected chi connectivity index (χ3v) is 3.74. The number of carbonyl (C=O) groups is 2. The predicted molar refractivity (Wildman–Crippen MR) is 74.0 cm³/mol. The fourth-order valence-electron chi connectivity index (χ4n) is 2.20. The monoisotopic (exact) mass is 321 g/mol. The number of aliphatic carboxylic acids is 1. The van der Waals surface area contributed by atoms with Crippen LogP contribution < -0.4 is 4.72 Å². The second kappa shape index (κ2) is 8.30. The van der Waals surface area contributed by atoms with Gasteiger partial charge in [0.25, 0.3) is 0 Å². The molecule has 1 fully saturated rings. The van der Waals surface area contributed by atoms with E-state index in [0.717, 1.165) is 0 Å². The molecule has 2 N–H and O–H groups in total. The first-order valence-corrected chi connectivity index (χ1v) is 7.88. The molecule has 2 unspecified atom stereocenters. The number of rotatable bonds is 6. The Labute approximate surface area is 126 Å². The maximum Gasteiger partial charge on any atom is 0.409 e. The Kier molecular flexibility index (Phi) is 7.06. The molecular formula is C12H21N2O6S-. The van der Waals surface area contributed by atoms with Crippen molar-refractivity contribution in [1.82, 2.24) is 9.62 Å². The predicted octanol–water partition coefficient (Wildman–Crippen LogP) is 0.328. The summed E-state index contributed by atoms with van der Waals surface area (Å²) in [5.41, 5.74) is 0. The van der Waals surface area contributed by atoms with Crippen LogP contribution in [0.5, 0.6) is 0 Å². The minimum Gasteiger partial charge on any atom is -0.760 e. The maximum absolute atomic E-state index is 11.8. The first-order valence-electron chi connectivity index (χ1n) is 6.81. The van der Waals surface area contributed by atoms with Crippen molar-refractivity contribution in [2.75, 3.05) is 19.7 Å². The van der Waals surface area contributed by atoms with Gasteiger partial charge in [-0.25, -0.2) is 9.52 Å². The first-order chi connectivity index (χ1) is 9.81. The van der Waals surface area contributed by atoms with Crippen LogP contribution in [-0.2, 0) is 20.8 Å². The van der Waals surface area contributed by atoms with Crippen molar-refractivity contribution in [2.45, 2.75) is 32.7 Å². The molecule has 1 heterocycles. The van der Waals surface area contributed by atoms with Crippen LogP contribution >= 0.6 is 0 Å². The Hall–Kier alpha value is -1.19. The third kappa shape index (κ3) is 5.98. The third-order valence-electron chi connectivity index (χ3n) is 3.30. The van der Waals surface area contributed by atoms with Crippen LogP contribution in [0.4, 0.5) is 4.79 Å². The molecule has 21 heavy (non-hydrogen) atoms. The van der Waals surface area contributed by atoms with E-state index in [0.29, 0.717) is 32.5 Å². The van der Waals surface area contributed by atoms with Crippen molar-refractivity contribution in [1.29, 1.82) is 0 Å². The minimum absolute atomic E-state index is 0.249. The van der Waals surface area contributed by atoms with E-state index >= 15 is 0 Å². The molecule has 2 atom stereocenters. The molecule has 9 heteroatoms. The summed E-state index contributed by atoms with van der Waals surface area (Å²) < 4.78 is 28.4. The molecule has 1 aliphatic rings. The van der Waals surface area contributed by atoms with E-state index in [1.54, 1.807) is 0 Å². The number of amides is 1. The van der Waals surface area contributed by atoms with Crippen LogP contribution in [-0.4, -0.2) is 56.6 Å². The largest absolute Gasteiger partial charge is 0.760 e. The van der Waals surface area contributed by atoms with Gasteiger partial charge >= 0.3 is 12.1 Å². The van der Waals surface area contributed by atoms with Gasteiger partial charge < -0.3 is 19.3 Å². The number of nitrogens with zero attached hydrogens (tertiary/aromatic N) is 1. The summed E-state index contributed by atoms with van der Waals surface area (Å²) in [5, 5.41) is 9.05. The molecule has 1 saturated heterocycles. The van der Waals surface area contributed by atoms with Crippen molar-refractivity contribution in [3.63, 3.8) is 0 Å². The fraction of sp³-hybridized carbons (Fsp3) is 0.833. The summed E-state index contributed by atoms with van der Waals surface area (Å²) in [6, 6.07) is -1.16. The number of carboxylic acid groups (broad SMARTS) is 1. The lowest BCUT2D eigenvalue weighted by Gasteiger charge is -2.34. The van der Waals surface area contributed by atoms with Gasteiger partial charge in [-0.15, -0.1) is 0 Å². The zero-order valence-corrected chi connectivity index (χ0v) is 12.9. The van der Waals surface area contributed by atoms with Gasteiger partial charge in [0.15, 0.2) is 0 Å². The van der Waals surface area contributed by atoms with Gasteiger partial charge in [0.1, 0.15) is 6.04 Å². The van der Waals surface area contributed by atoms with Crippen LogP contribution in [0.2, 0.25) is 0 Å². The molecule has 8 nitrogen and oxygen atoms in total. The first kappa shape index (κ1) is 17.9. The van der Waals surface area contributed by atoms with Crippen molar-refractivity contribution in [2.24, 2.45) is 11.8 Å². The highest BCUT2D eigenvalue weighted by atomic mass is 32.2. The quantitative estimate of drug-likeness (QED) is 0.680. The van der Waals surface area contributed by atoms with Gasteiger partial charge in [0.05, 0.1) is 6.61 Å². The lowest BCUT2D eigenvalue weighted by molar-refractivity contribution is -0.140. The summed E-state index contributed by atoms with van der Waals surface area (Å²) in [5.74, 6) is -1.30. The summed E-state index contributed by atoms with van der Waals surface area (Å²) in [6.07, 6.45) is 0.421. The number of piperidine rings is 1. The molecule has 0 aliphatic carbocycles. The summed E-state index contributed by atoms with van der Waals surface area (Å²) >= 11 is -2.63. The number of hydrogen-bond acceptors (Lipinski definition) is 5. The number of likely N-dealkylation sites (tertiary alicyclic amines) is 1. The van der Waals surface area contributed by atoms with E-state index in [4.69, 9.17) is 9.84 Å². The Morgan fingerprint density at radius 1 is 1.43 bits per heavy atom. The zero-order chi connectivity index (χ0) is 16.0. The second-order valence-corrected chi connectivity index (χ2v) is 6.17. The van der Waals surface area contributed by atoms with Crippen molar-refractivity contribution >= 4 is 23.3 Å². The molecule has 122 valence electrons. The Bertz CT molecular complexity index is 395. The summed E-state index contributed by atoms with van der Waals surface area (Å²) in [4.78, 5) is 24.4. The van der Waals surface area contributed by atoms with Gasteiger partial charge in [-0.05, 0) is 24.7 Å². The van der Waals surface area contributed by atoms with Gasteiger partial charge in [0, 0.05) is 24.4 Å². The highest BCUT2D eigenvalue weighted by Crippen LogP contribution is 2.22. The highest BCUT2D eigenvalue weighted by molar-refractivity contribution is 7.77.